The number of rotatable bonds is 3. The Morgan fingerprint density at radius 2 is 2.09 bits per heavy atom. The largest absolute Gasteiger partial charge is 0.504 e. The van der Waals surface area contributed by atoms with Crippen molar-refractivity contribution in [3.8, 4) is 11.5 Å². The molecule has 22 heavy (non-hydrogen) atoms. The van der Waals surface area contributed by atoms with E-state index in [0.29, 0.717) is 24.2 Å². The van der Waals surface area contributed by atoms with Crippen molar-refractivity contribution in [3.05, 3.63) is 17.7 Å². The minimum absolute atomic E-state index is 0.0230. The average molecular weight is 306 g/mol. The van der Waals surface area contributed by atoms with E-state index >= 15 is 0 Å². The van der Waals surface area contributed by atoms with Gasteiger partial charge in [-0.2, -0.15) is 0 Å². The van der Waals surface area contributed by atoms with Gasteiger partial charge < -0.3 is 19.5 Å². The average Bonchev–Trinajstić information content (AvgIpc) is 2.98. The first-order valence-corrected chi connectivity index (χ1v) is 7.10. The van der Waals surface area contributed by atoms with Crippen molar-refractivity contribution in [2.45, 2.75) is 18.9 Å². The molecule has 2 aliphatic rings. The van der Waals surface area contributed by atoms with Crippen LogP contribution in [0.5, 0.6) is 11.5 Å². The van der Waals surface area contributed by atoms with Crippen molar-refractivity contribution < 1.29 is 24.2 Å². The van der Waals surface area contributed by atoms with Gasteiger partial charge in [-0.15, -0.1) is 0 Å². The molecule has 1 fully saturated rings. The summed E-state index contributed by atoms with van der Waals surface area (Å²) in [5.74, 6) is -0.321. The van der Waals surface area contributed by atoms with Gasteiger partial charge in [-0.1, -0.05) is 0 Å². The Morgan fingerprint density at radius 3 is 2.77 bits per heavy atom. The van der Waals surface area contributed by atoms with Crippen molar-refractivity contribution in [2.24, 2.45) is 0 Å². The third kappa shape index (κ3) is 2.09. The number of fused-ring (bicyclic) bond motifs is 2. The van der Waals surface area contributed by atoms with E-state index in [1.54, 1.807) is 4.90 Å². The number of hydrogen-bond acceptors (Lipinski definition) is 5. The predicted octanol–water partition coefficient (Wildman–Crippen LogP) is 0.956. The number of phenolic OH excluding ortho intramolecular Hbond substituents is 1. The molecule has 1 atom stereocenters. The number of phenols is 1. The van der Waals surface area contributed by atoms with E-state index in [1.165, 1.54) is 31.3 Å². The van der Waals surface area contributed by atoms with Gasteiger partial charge in [0.05, 0.1) is 18.4 Å². The van der Waals surface area contributed by atoms with E-state index in [2.05, 4.69) is 0 Å². The van der Waals surface area contributed by atoms with E-state index in [4.69, 9.17) is 9.47 Å². The Labute approximate surface area is 128 Å². The van der Waals surface area contributed by atoms with Crippen molar-refractivity contribution in [2.75, 3.05) is 32.4 Å². The molecule has 2 aliphatic heterocycles. The van der Waals surface area contributed by atoms with Crippen molar-refractivity contribution in [1.29, 1.82) is 0 Å². The minimum atomic E-state index is -0.469. The molecule has 7 nitrogen and oxygen atoms in total. The maximum absolute atomic E-state index is 12.8. The molecule has 0 saturated carbocycles. The fourth-order valence-electron chi connectivity index (χ4n) is 3.10. The van der Waals surface area contributed by atoms with Gasteiger partial charge in [0.15, 0.2) is 11.5 Å². The van der Waals surface area contributed by atoms with Gasteiger partial charge in [0.2, 0.25) is 0 Å². The quantitative estimate of drug-likeness (QED) is 0.899. The van der Waals surface area contributed by atoms with Gasteiger partial charge in [-0.3, -0.25) is 14.5 Å². The molecule has 1 saturated heterocycles. The SMILES string of the molecule is COCN1C(=O)C2CCCN2C(=O)c2cc(OC)c(O)cc21. The van der Waals surface area contributed by atoms with Gasteiger partial charge in [-0.25, -0.2) is 0 Å². The lowest BCUT2D eigenvalue weighted by Crippen LogP contribution is -2.45. The number of hydrogen-bond donors (Lipinski definition) is 1. The van der Waals surface area contributed by atoms with Crippen LogP contribution in [-0.4, -0.2) is 55.4 Å². The monoisotopic (exact) mass is 306 g/mol. The Hall–Kier alpha value is -2.28. The zero-order chi connectivity index (χ0) is 15.9. The topological polar surface area (TPSA) is 79.3 Å². The van der Waals surface area contributed by atoms with Crippen LogP contribution in [0.2, 0.25) is 0 Å². The number of ether oxygens (including phenoxy) is 2. The van der Waals surface area contributed by atoms with E-state index < -0.39 is 6.04 Å². The normalized spacial score (nSPS) is 20.7. The van der Waals surface area contributed by atoms with Crippen LogP contribution in [0.15, 0.2) is 12.1 Å². The van der Waals surface area contributed by atoms with Crippen LogP contribution in [0.3, 0.4) is 0 Å². The van der Waals surface area contributed by atoms with Crippen LogP contribution in [0, 0.1) is 0 Å². The summed E-state index contributed by atoms with van der Waals surface area (Å²) in [6.07, 6.45) is 1.44. The van der Waals surface area contributed by atoms with E-state index in [-0.39, 0.29) is 30.0 Å². The molecule has 1 aromatic rings. The van der Waals surface area contributed by atoms with Crippen LogP contribution in [-0.2, 0) is 9.53 Å². The van der Waals surface area contributed by atoms with Crippen LogP contribution >= 0.6 is 0 Å². The maximum atomic E-state index is 12.8. The highest BCUT2D eigenvalue weighted by atomic mass is 16.5. The second-order valence-electron chi connectivity index (χ2n) is 5.38. The molecule has 0 bridgehead atoms. The van der Waals surface area contributed by atoms with E-state index in [0.717, 1.165) is 6.42 Å². The first-order chi connectivity index (χ1) is 10.6. The minimum Gasteiger partial charge on any atom is -0.504 e. The molecule has 118 valence electrons. The highest BCUT2D eigenvalue weighted by molar-refractivity contribution is 6.11. The number of benzene rings is 1. The molecule has 1 aromatic carbocycles. The maximum Gasteiger partial charge on any atom is 0.256 e. The fourth-order valence-corrected chi connectivity index (χ4v) is 3.10. The first-order valence-electron chi connectivity index (χ1n) is 7.10. The summed E-state index contributed by atoms with van der Waals surface area (Å²) in [7, 11) is 2.90. The van der Waals surface area contributed by atoms with Gasteiger partial charge in [0.25, 0.3) is 11.8 Å². The second-order valence-corrected chi connectivity index (χ2v) is 5.38. The molecule has 0 aromatic heterocycles. The van der Waals surface area contributed by atoms with E-state index in [9.17, 15) is 14.7 Å². The van der Waals surface area contributed by atoms with E-state index in [1.807, 2.05) is 0 Å². The molecule has 1 N–H and O–H groups in total. The Kier molecular flexibility index (Phi) is 3.66. The summed E-state index contributed by atoms with van der Waals surface area (Å²) in [6, 6.07) is 2.39. The molecule has 2 heterocycles. The Balaban J connectivity index is 2.18. The summed E-state index contributed by atoms with van der Waals surface area (Å²) in [6.45, 7) is 0.577. The van der Waals surface area contributed by atoms with Gasteiger partial charge in [0.1, 0.15) is 12.8 Å². The molecular weight excluding hydrogens is 288 g/mol. The third-order valence-electron chi connectivity index (χ3n) is 4.14. The molecule has 0 aliphatic carbocycles. The number of nitrogens with zero attached hydrogens (tertiary/aromatic N) is 2. The second kappa shape index (κ2) is 5.49. The number of carbonyl (C=O) groups is 2. The predicted molar refractivity (Wildman–Crippen MR) is 78.1 cm³/mol. The van der Waals surface area contributed by atoms with Crippen LogP contribution < -0.4 is 9.64 Å². The molecule has 1 unspecified atom stereocenters. The Bertz CT molecular complexity index is 631. The molecular formula is C15H18N2O5. The number of carbonyl (C=O) groups excluding carboxylic acids is 2. The molecule has 0 radical (unpaired) electrons. The standard InChI is InChI=1S/C15H18N2O5/c1-21-8-17-11-7-12(18)13(22-2)6-9(11)14(19)16-5-3-4-10(16)15(17)20/h6-7,10,18H,3-5,8H2,1-2H3. The van der Waals surface area contributed by atoms with Crippen molar-refractivity contribution >= 4 is 17.5 Å². The Morgan fingerprint density at radius 1 is 1.32 bits per heavy atom. The van der Waals surface area contributed by atoms with Crippen LogP contribution in [0.1, 0.15) is 23.2 Å². The lowest BCUT2D eigenvalue weighted by molar-refractivity contribution is -0.123. The smallest absolute Gasteiger partial charge is 0.256 e. The zero-order valence-corrected chi connectivity index (χ0v) is 12.5. The summed E-state index contributed by atoms with van der Waals surface area (Å²) in [5.41, 5.74) is 0.689. The van der Waals surface area contributed by atoms with Crippen molar-refractivity contribution in [3.63, 3.8) is 0 Å². The van der Waals surface area contributed by atoms with Gasteiger partial charge in [0, 0.05) is 19.7 Å². The lowest BCUT2D eigenvalue weighted by Gasteiger charge is -2.25. The number of methoxy groups -OCH3 is 2. The van der Waals surface area contributed by atoms with Crippen molar-refractivity contribution in [1.82, 2.24) is 4.90 Å². The zero-order valence-electron chi connectivity index (χ0n) is 12.5. The first kappa shape index (κ1) is 14.6. The third-order valence-corrected chi connectivity index (χ3v) is 4.14. The number of amides is 2. The molecule has 0 spiro atoms. The lowest BCUT2D eigenvalue weighted by atomic mass is 10.1. The fraction of sp³-hybridized carbons (Fsp3) is 0.467. The highest BCUT2D eigenvalue weighted by Gasteiger charge is 2.42. The highest BCUT2D eigenvalue weighted by Crippen LogP contribution is 2.39. The summed E-state index contributed by atoms with van der Waals surface area (Å²) in [5, 5.41) is 9.99. The molecule has 2 amide bonds. The molecule has 7 heteroatoms. The molecule has 3 rings (SSSR count). The summed E-state index contributed by atoms with van der Waals surface area (Å²) in [4.78, 5) is 28.5. The summed E-state index contributed by atoms with van der Waals surface area (Å²) >= 11 is 0. The summed E-state index contributed by atoms with van der Waals surface area (Å²) < 4.78 is 10.2. The van der Waals surface area contributed by atoms with Crippen LogP contribution in [0.25, 0.3) is 0 Å². The van der Waals surface area contributed by atoms with Crippen LogP contribution in [0.4, 0.5) is 5.69 Å². The number of aromatic hydroxyl groups is 1. The van der Waals surface area contributed by atoms with Gasteiger partial charge >= 0.3 is 0 Å². The number of anilines is 1. The van der Waals surface area contributed by atoms with Gasteiger partial charge in [-0.05, 0) is 18.9 Å².